The predicted molar refractivity (Wildman–Crippen MR) is 76.5 cm³/mol. The van der Waals surface area contributed by atoms with E-state index in [1.54, 1.807) is 0 Å². The normalized spacial score (nSPS) is 28.3. The minimum Gasteiger partial charge on any atom is -0.394 e. The highest BCUT2D eigenvalue weighted by Gasteiger charge is 2.40. The average Bonchev–Trinajstić information content (AvgIpc) is 2.82. The molecule has 0 aromatic carbocycles. The zero-order valence-corrected chi connectivity index (χ0v) is 12.3. The molecule has 1 aliphatic heterocycles. The first-order valence-electron chi connectivity index (χ1n) is 7.55. The van der Waals surface area contributed by atoms with Crippen molar-refractivity contribution in [1.29, 1.82) is 0 Å². The number of hydrogen-bond donors (Lipinski definition) is 3. The predicted octanol–water partition coefficient (Wildman–Crippen LogP) is 1.01. The van der Waals surface area contributed by atoms with Gasteiger partial charge in [-0.1, -0.05) is 31.9 Å². The van der Waals surface area contributed by atoms with Gasteiger partial charge < -0.3 is 24.8 Å². The van der Waals surface area contributed by atoms with Gasteiger partial charge in [-0.25, -0.2) is 0 Å². The Bertz CT molecular complexity index is 269. The summed E-state index contributed by atoms with van der Waals surface area (Å²) in [4.78, 5) is 0. The first-order chi connectivity index (χ1) is 9.70. The fourth-order valence-electron chi connectivity index (χ4n) is 2.24. The third-order valence-electron chi connectivity index (χ3n) is 3.49. The number of unbranched alkanes of at least 4 members (excludes halogenated alkanes) is 3. The van der Waals surface area contributed by atoms with Crippen LogP contribution in [0.3, 0.4) is 0 Å². The van der Waals surface area contributed by atoms with Crippen molar-refractivity contribution in [2.24, 2.45) is 0 Å². The molecule has 5 heteroatoms. The maximum Gasteiger partial charge on any atom is 0.114 e. The van der Waals surface area contributed by atoms with E-state index < -0.39 is 31.0 Å². The van der Waals surface area contributed by atoms with Gasteiger partial charge in [0.15, 0.2) is 0 Å². The van der Waals surface area contributed by atoms with E-state index in [-0.39, 0.29) is 6.61 Å². The van der Waals surface area contributed by atoms with Crippen molar-refractivity contribution in [3.63, 3.8) is 0 Å². The lowest BCUT2D eigenvalue weighted by molar-refractivity contribution is -0.0726. The maximum absolute atomic E-state index is 9.91. The van der Waals surface area contributed by atoms with Gasteiger partial charge in [0.1, 0.15) is 24.4 Å². The molecule has 5 nitrogen and oxygen atoms in total. The van der Waals surface area contributed by atoms with Crippen molar-refractivity contribution in [3.8, 4) is 0 Å². The summed E-state index contributed by atoms with van der Waals surface area (Å²) in [7, 11) is 0. The summed E-state index contributed by atoms with van der Waals surface area (Å²) in [6.45, 7) is 2.54. The molecule has 0 aliphatic carbocycles. The maximum atomic E-state index is 9.91. The molecule has 20 heavy (non-hydrogen) atoms. The van der Waals surface area contributed by atoms with E-state index in [0.29, 0.717) is 6.61 Å². The highest BCUT2D eigenvalue weighted by Crippen LogP contribution is 2.20. The Labute approximate surface area is 121 Å². The lowest BCUT2D eigenvalue weighted by Crippen LogP contribution is -2.41. The highest BCUT2D eigenvalue weighted by atomic mass is 16.6. The number of ether oxygens (including phenoxy) is 2. The van der Waals surface area contributed by atoms with Crippen molar-refractivity contribution < 1.29 is 24.8 Å². The fraction of sp³-hybridized carbons (Fsp3) is 0.867. The topological polar surface area (TPSA) is 79.2 Å². The van der Waals surface area contributed by atoms with E-state index in [9.17, 15) is 10.2 Å². The van der Waals surface area contributed by atoms with Crippen LogP contribution in [0, 0.1) is 0 Å². The second kappa shape index (κ2) is 10.3. The van der Waals surface area contributed by atoms with Crippen LogP contribution in [0.4, 0.5) is 0 Å². The van der Waals surface area contributed by atoms with Crippen LogP contribution < -0.4 is 0 Å². The first kappa shape index (κ1) is 17.6. The lowest BCUT2D eigenvalue weighted by Gasteiger charge is -2.20. The van der Waals surface area contributed by atoms with E-state index in [0.717, 1.165) is 12.8 Å². The highest BCUT2D eigenvalue weighted by molar-refractivity contribution is 4.89. The van der Waals surface area contributed by atoms with E-state index in [1.165, 1.54) is 19.3 Å². The van der Waals surface area contributed by atoms with Gasteiger partial charge in [0, 0.05) is 0 Å². The molecule has 1 saturated heterocycles. The summed E-state index contributed by atoms with van der Waals surface area (Å²) < 4.78 is 10.8. The molecule has 0 radical (unpaired) electrons. The zero-order valence-electron chi connectivity index (χ0n) is 12.3. The second-order valence-corrected chi connectivity index (χ2v) is 5.20. The zero-order chi connectivity index (χ0) is 14.8. The van der Waals surface area contributed by atoms with Gasteiger partial charge in [-0.15, -0.1) is 0 Å². The SMILES string of the molecule is CCCCC/C=C/CCO[C@H]1CO[C@@H]([C@H](O)CO)[C@H]1O. The van der Waals surface area contributed by atoms with Crippen LogP contribution >= 0.6 is 0 Å². The summed E-state index contributed by atoms with van der Waals surface area (Å²) in [6, 6.07) is 0. The van der Waals surface area contributed by atoms with Crippen LogP contribution in [0.2, 0.25) is 0 Å². The van der Waals surface area contributed by atoms with Gasteiger partial charge in [-0.05, 0) is 19.3 Å². The lowest BCUT2D eigenvalue weighted by atomic mass is 10.1. The summed E-state index contributed by atoms with van der Waals surface area (Å²) >= 11 is 0. The smallest absolute Gasteiger partial charge is 0.114 e. The van der Waals surface area contributed by atoms with Gasteiger partial charge in [0.2, 0.25) is 0 Å². The Hall–Kier alpha value is -0.460. The minimum absolute atomic E-state index is 0.253. The van der Waals surface area contributed by atoms with Crippen LogP contribution in [0.25, 0.3) is 0 Å². The standard InChI is InChI=1S/C15H28O5/c1-2-3-4-5-6-7-8-9-19-13-11-20-15(14(13)18)12(17)10-16/h6-7,12-18H,2-5,8-11H2,1H3/b7-6+/t12-,13+,14+,15+/m1/s1. The molecule has 1 heterocycles. The molecule has 0 spiro atoms. The van der Waals surface area contributed by atoms with Crippen LogP contribution in [0.1, 0.15) is 39.0 Å². The Morgan fingerprint density at radius 2 is 2.05 bits per heavy atom. The molecule has 1 fully saturated rings. The number of rotatable bonds is 10. The molecule has 0 bridgehead atoms. The third-order valence-corrected chi connectivity index (χ3v) is 3.49. The van der Waals surface area contributed by atoms with Gasteiger partial charge in [0.25, 0.3) is 0 Å². The molecule has 0 amide bonds. The van der Waals surface area contributed by atoms with Crippen molar-refractivity contribution in [3.05, 3.63) is 12.2 Å². The second-order valence-electron chi connectivity index (χ2n) is 5.20. The van der Waals surface area contributed by atoms with Crippen LogP contribution in [0.5, 0.6) is 0 Å². The summed E-state index contributed by atoms with van der Waals surface area (Å²) in [5.74, 6) is 0. The molecule has 4 atom stereocenters. The van der Waals surface area contributed by atoms with Crippen molar-refractivity contribution in [1.82, 2.24) is 0 Å². The van der Waals surface area contributed by atoms with E-state index in [2.05, 4.69) is 19.1 Å². The monoisotopic (exact) mass is 288 g/mol. The van der Waals surface area contributed by atoms with E-state index in [1.807, 2.05) is 0 Å². The Morgan fingerprint density at radius 3 is 2.75 bits per heavy atom. The van der Waals surface area contributed by atoms with Crippen molar-refractivity contribution in [2.45, 2.75) is 63.4 Å². The quantitative estimate of drug-likeness (QED) is 0.413. The fourth-order valence-corrected chi connectivity index (χ4v) is 2.24. The number of aliphatic hydroxyl groups excluding tert-OH is 3. The van der Waals surface area contributed by atoms with E-state index in [4.69, 9.17) is 14.6 Å². The molecular formula is C15H28O5. The first-order valence-corrected chi connectivity index (χ1v) is 7.55. The van der Waals surface area contributed by atoms with E-state index >= 15 is 0 Å². The van der Waals surface area contributed by atoms with Gasteiger partial charge in [0.05, 0.1) is 19.8 Å². The van der Waals surface area contributed by atoms with Crippen molar-refractivity contribution in [2.75, 3.05) is 19.8 Å². The molecule has 3 N–H and O–H groups in total. The van der Waals surface area contributed by atoms with Crippen LogP contribution in [-0.2, 0) is 9.47 Å². The summed E-state index contributed by atoms with van der Waals surface area (Å²) in [5, 5.41) is 28.2. The molecule has 0 aromatic heterocycles. The van der Waals surface area contributed by atoms with Gasteiger partial charge in [-0.2, -0.15) is 0 Å². The number of allylic oxidation sites excluding steroid dienone is 1. The third kappa shape index (κ3) is 5.89. The van der Waals surface area contributed by atoms with Crippen molar-refractivity contribution >= 4 is 0 Å². The molecule has 1 aliphatic rings. The minimum atomic E-state index is -1.06. The molecule has 1 rings (SSSR count). The Morgan fingerprint density at radius 1 is 1.30 bits per heavy atom. The molecule has 118 valence electrons. The summed E-state index contributed by atoms with van der Waals surface area (Å²) in [6.07, 6.45) is 6.78. The van der Waals surface area contributed by atoms with Crippen LogP contribution in [-0.4, -0.2) is 59.6 Å². The Balaban J connectivity index is 2.11. The number of aliphatic hydroxyl groups is 3. The summed E-state index contributed by atoms with van der Waals surface area (Å²) in [5.41, 5.74) is 0. The molecule has 0 aromatic rings. The Kier molecular flexibility index (Phi) is 9.05. The molecular weight excluding hydrogens is 260 g/mol. The average molecular weight is 288 g/mol. The van der Waals surface area contributed by atoms with Gasteiger partial charge in [-0.3, -0.25) is 0 Å². The largest absolute Gasteiger partial charge is 0.394 e. The molecule has 0 saturated carbocycles. The van der Waals surface area contributed by atoms with Gasteiger partial charge >= 0.3 is 0 Å². The molecule has 0 unspecified atom stereocenters. The number of hydrogen-bond acceptors (Lipinski definition) is 5. The van der Waals surface area contributed by atoms with Crippen LogP contribution in [0.15, 0.2) is 12.2 Å².